The summed E-state index contributed by atoms with van der Waals surface area (Å²) in [4.78, 5) is 7.53. The van der Waals surface area contributed by atoms with Crippen molar-refractivity contribution in [2.24, 2.45) is 0 Å². The van der Waals surface area contributed by atoms with Crippen molar-refractivity contribution in [3.63, 3.8) is 0 Å². The average Bonchev–Trinajstić information content (AvgIpc) is 2.38. The van der Waals surface area contributed by atoms with Gasteiger partial charge in [0.1, 0.15) is 48.9 Å². The first-order valence-corrected chi connectivity index (χ1v) is 8.02. The molecule has 1 fully saturated rings. The van der Waals surface area contributed by atoms with Crippen LogP contribution in [0.5, 0.6) is 0 Å². The summed E-state index contributed by atoms with van der Waals surface area (Å²) in [6, 6.07) is 0. The van der Waals surface area contributed by atoms with E-state index in [1.54, 1.807) is 0 Å². The summed E-state index contributed by atoms with van der Waals surface area (Å²) in [5.74, 6) is 0. The zero-order valence-corrected chi connectivity index (χ0v) is 12.9. The molecule has 0 aromatic heterocycles. The normalized spacial score (nSPS) is 23.2. The fourth-order valence-electron chi connectivity index (χ4n) is 1.73. The second-order valence-electron chi connectivity index (χ2n) is 3.90. The minimum atomic E-state index is 1.09. The molecule has 0 aromatic carbocycles. The third-order valence-corrected chi connectivity index (χ3v) is 4.52. The SMILES string of the molecule is [Al][CH2]N1CCN([CH2][Al])CCN([CH2][Al])CC1. The van der Waals surface area contributed by atoms with Crippen LogP contribution in [0.25, 0.3) is 0 Å². The first-order valence-electron chi connectivity index (χ1n) is 5.57. The Bertz CT molecular complexity index is 130. The zero-order valence-electron chi connectivity index (χ0n) is 9.44. The summed E-state index contributed by atoms with van der Waals surface area (Å²) >= 11 is 8.51. The Kier molecular flexibility index (Phi) is 8.29. The maximum atomic E-state index is 2.84. The van der Waals surface area contributed by atoms with Crippen LogP contribution < -0.4 is 0 Å². The maximum absolute atomic E-state index is 2.84. The highest BCUT2D eigenvalue weighted by Crippen LogP contribution is 1.98. The Morgan fingerprint density at radius 3 is 0.867 bits per heavy atom. The van der Waals surface area contributed by atoms with E-state index < -0.39 is 0 Å². The van der Waals surface area contributed by atoms with E-state index in [9.17, 15) is 0 Å². The molecular formula is C9H18Al3N3. The lowest BCUT2D eigenvalue weighted by Gasteiger charge is -2.24. The predicted octanol–water partition coefficient (Wildman–Crippen LogP) is -1.72. The lowest BCUT2D eigenvalue weighted by atomic mass is 10.5. The Balaban J connectivity index is 2.47. The Morgan fingerprint density at radius 1 is 0.533 bits per heavy atom. The molecule has 1 aliphatic rings. The third kappa shape index (κ3) is 5.56. The number of nitrogens with zero attached hydrogens (tertiary/aromatic N) is 3. The number of hydrogen-bond donors (Lipinski definition) is 0. The van der Waals surface area contributed by atoms with E-state index in [4.69, 9.17) is 0 Å². The van der Waals surface area contributed by atoms with Crippen molar-refractivity contribution in [2.75, 3.05) is 55.5 Å². The molecule has 1 heterocycles. The molecule has 1 rings (SSSR count). The van der Waals surface area contributed by atoms with Crippen molar-refractivity contribution in [3.05, 3.63) is 0 Å². The number of rotatable bonds is 3. The molecule has 0 spiro atoms. The van der Waals surface area contributed by atoms with Gasteiger partial charge in [0.15, 0.2) is 0 Å². The van der Waals surface area contributed by atoms with Crippen molar-refractivity contribution in [1.82, 2.24) is 14.7 Å². The van der Waals surface area contributed by atoms with E-state index in [2.05, 4.69) is 63.6 Å². The highest BCUT2D eigenvalue weighted by molar-refractivity contribution is 6.09. The van der Waals surface area contributed by atoms with Crippen LogP contribution in [0, 0.1) is 0 Å². The van der Waals surface area contributed by atoms with E-state index in [1.165, 1.54) is 39.3 Å². The molecule has 78 valence electrons. The first kappa shape index (κ1) is 14.5. The van der Waals surface area contributed by atoms with Gasteiger partial charge in [-0.3, -0.25) is 0 Å². The molecule has 0 amide bonds. The highest BCUT2D eigenvalue weighted by Gasteiger charge is 2.12. The quantitative estimate of drug-likeness (QED) is 0.551. The molecule has 0 saturated carbocycles. The molecule has 1 saturated heterocycles. The summed E-state index contributed by atoms with van der Waals surface area (Å²) in [5, 5.41) is 3.28. The maximum Gasteiger partial charge on any atom is 0.143 e. The molecule has 15 heavy (non-hydrogen) atoms. The lowest BCUT2D eigenvalue weighted by Crippen LogP contribution is -2.37. The molecule has 6 heteroatoms. The third-order valence-electron chi connectivity index (χ3n) is 2.97. The fourth-order valence-corrected chi connectivity index (χ4v) is 2.83. The zero-order chi connectivity index (χ0) is 11.1. The summed E-state index contributed by atoms with van der Waals surface area (Å²) in [7, 11) is 0. The molecule has 0 unspecified atom stereocenters. The van der Waals surface area contributed by atoms with E-state index in [0.29, 0.717) is 0 Å². The van der Waals surface area contributed by atoms with Crippen LogP contribution in [0.1, 0.15) is 0 Å². The van der Waals surface area contributed by atoms with E-state index in [1.807, 2.05) is 0 Å². The standard InChI is InChI=1S/C9H18N3.3Al/c1-10-4-6-11(2)8-9-12(3)7-5-10;;;/h1-9H2;;;. The smallest absolute Gasteiger partial charge is 0.143 e. The Hall–Kier alpha value is 1.48. The van der Waals surface area contributed by atoms with Crippen molar-refractivity contribution in [3.8, 4) is 0 Å². The average molecular weight is 249 g/mol. The van der Waals surface area contributed by atoms with Gasteiger partial charge < -0.3 is 14.7 Å². The second kappa shape index (κ2) is 8.55. The molecule has 3 nitrogen and oxygen atoms in total. The van der Waals surface area contributed by atoms with Gasteiger partial charge in [0.2, 0.25) is 0 Å². The fraction of sp³-hybridized carbons (Fsp3) is 1.00. The number of hydrogen-bond acceptors (Lipinski definition) is 3. The van der Waals surface area contributed by atoms with Gasteiger partial charge in [-0.1, -0.05) is 16.2 Å². The summed E-state index contributed by atoms with van der Waals surface area (Å²) in [5.41, 5.74) is 0. The highest BCUT2D eigenvalue weighted by atomic mass is 27.1. The summed E-state index contributed by atoms with van der Waals surface area (Å²) < 4.78 is 0. The monoisotopic (exact) mass is 249 g/mol. The van der Waals surface area contributed by atoms with Crippen LogP contribution in [0.4, 0.5) is 0 Å². The minimum Gasteiger partial charge on any atom is -0.316 e. The van der Waals surface area contributed by atoms with E-state index >= 15 is 0 Å². The van der Waals surface area contributed by atoms with Crippen LogP contribution in [-0.4, -0.2) is 119 Å². The van der Waals surface area contributed by atoms with E-state index in [0.717, 1.165) is 16.2 Å². The lowest BCUT2D eigenvalue weighted by molar-refractivity contribution is 0.260. The van der Waals surface area contributed by atoms with Crippen molar-refractivity contribution >= 4 is 48.9 Å². The largest absolute Gasteiger partial charge is 0.316 e. The molecule has 6 radical (unpaired) electrons. The minimum absolute atomic E-state index is 1.09. The summed E-state index contributed by atoms with van der Waals surface area (Å²) in [6.45, 7) is 7.18. The van der Waals surface area contributed by atoms with E-state index in [-0.39, 0.29) is 0 Å². The summed E-state index contributed by atoms with van der Waals surface area (Å²) in [6.07, 6.45) is 0. The van der Waals surface area contributed by atoms with Gasteiger partial charge in [-0.25, -0.2) is 0 Å². The van der Waals surface area contributed by atoms with Gasteiger partial charge in [-0.2, -0.15) is 0 Å². The van der Waals surface area contributed by atoms with Crippen LogP contribution >= 0.6 is 0 Å². The predicted molar refractivity (Wildman–Crippen MR) is 66.6 cm³/mol. The molecular weight excluding hydrogens is 231 g/mol. The van der Waals surface area contributed by atoms with Crippen molar-refractivity contribution in [2.45, 2.75) is 0 Å². The van der Waals surface area contributed by atoms with Gasteiger partial charge in [0, 0.05) is 39.3 Å². The van der Waals surface area contributed by atoms with Crippen LogP contribution in [0.3, 0.4) is 0 Å². The molecule has 0 atom stereocenters. The molecule has 1 aliphatic heterocycles. The van der Waals surface area contributed by atoms with Crippen LogP contribution in [-0.2, 0) is 0 Å². The van der Waals surface area contributed by atoms with Gasteiger partial charge >= 0.3 is 0 Å². The van der Waals surface area contributed by atoms with Crippen molar-refractivity contribution < 1.29 is 0 Å². The second-order valence-corrected chi connectivity index (χ2v) is 5.00. The van der Waals surface area contributed by atoms with Crippen molar-refractivity contribution in [1.29, 1.82) is 0 Å². The van der Waals surface area contributed by atoms with Crippen LogP contribution in [0.15, 0.2) is 0 Å². The first-order chi connectivity index (χ1) is 7.30. The topological polar surface area (TPSA) is 9.72 Å². The van der Waals surface area contributed by atoms with Gasteiger partial charge in [-0.15, -0.1) is 0 Å². The van der Waals surface area contributed by atoms with Gasteiger partial charge in [0.25, 0.3) is 0 Å². The van der Waals surface area contributed by atoms with Gasteiger partial charge in [-0.05, 0) is 0 Å². The Labute approximate surface area is 118 Å². The Morgan fingerprint density at radius 2 is 0.733 bits per heavy atom. The van der Waals surface area contributed by atoms with Gasteiger partial charge in [0.05, 0.1) is 0 Å². The molecule has 0 aromatic rings. The molecule has 0 N–H and O–H groups in total. The molecule has 0 aliphatic carbocycles. The van der Waals surface area contributed by atoms with Crippen LogP contribution in [0.2, 0.25) is 0 Å². The molecule has 0 bridgehead atoms.